The molecular weight excluding hydrogens is 308 g/mol. The lowest BCUT2D eigenvalue weighted by Gasteiger charge is -2.42. The Labute approximate surface area is 147 Å². The number of amides is 1. The molecule has 2 rings (SSSR count). The van der Waals surface area contributed by atoms with Gasteiger partial charge in [0.05, 0.1) is 0 Å². The number of likely N-dealkylation sites (tertiary alicyclic amines) is 1. The normalized spacial score (nSPS) is 18.4. The molecule has 1 unspecified atom stereocenters. The lowest BCUT2D eigenvalue weighted by Crippen LogP contribution is -2.50. The molecule has 1 heterocycles. The molecule has 0 aromatic heterocycles. The molecule has 0 bridgehead atoms. The van der Waals surface area contributed by atoms with E-state index in [0.29, 0.717) is 18.4 Å². The van der Waals surface area contributed by atoms with E-state index in [9.17, 15) is 4.79 Å². The van der Waals surface area contributed by atoms with Crippen LogP contribution in [0.25, 0.3) is 0 Å². The maximum atomic E-state index is 12.7. The van der Waals surface area contributed by atoms with Crippen molar-refractivity contribution in [2.24, 2.45) is 17.6 Å². The smallest absolute Gasteiger partial charge is 0.225 e. The van der Waals surface area contributed by atoms with Crippen LogP contribution in [0.4, 0.5) is 0 Å². The number of halogens is 1. The summed E-state index contributed by atoms with van der Waals surface area (Å²) < 4.78 is 0. The van der Waals surface area contributed by atoms with Crippen LogP contribution in [0.3, 0.4) is 0 Å². The predicted molar refractivity (Wildman–Crippen MR) is 98.9 cm³/mol. The van der Waals surface area contributed by atoms with Gasteiger partial charge in [0.15, 0.2) is 0 Å². The molecule has 1 atom stereocenters. The van der Waals surface area contributed by atoms with Gasteiger partial charge in [0.2, 0.25) is 5.91 Å². The van der Waals surface area contributed by atoms with Crippen molar-refractivity contribution < 1.29 is 4.79 Å². The molecule has 23 heavy (non-hydrogen) atoms. The maximum absolute atomic E-state index is 12.7. The van der Waals surface area contributed by atoms with Crippen molar-refractivity contribution in [2.75, 3.05) is 19.6 Å². The number of hydrogen-bond acceptors (Lipinski definition) is 2. The second-order valence-corrected chi connectivity index (χ2v) is 6.93. The third kappa shape index (κ3) is 4.27. The van der Waals surface area contributed by atoms with Crippen LogP contribution < -0.4 is 5.73 Å². The minimum Gasteiger partial charge on any atom is -0.342 e. The van der Waals surface area contributed by atoms with Gasteiger partial charge in [0.1, 0.15) is 0 Å². The van der Waals surface area contributed by atoms with Gasteiger partial charge in [-0.3, -0.25) is 4.79 Å². The second kappa shape index (κ2) is 8.70. The quantitative estimate of drug-likeness (QED) is 0.891. The number of nitrogens with zero attached hydrogens (tertiary/aromatic N) is 1. The average molecular weight is 339 g/mol. The zero-order chi connectivity index (χ0) is 16.2. The molecule has 130 valence electrons. The number of benzene rings is 1. The summed E-state index contributed by atoms with van der Waals surface area (Å²) in [5.41, 5.74) is 7.48. The third-order valence-corrected chi connectivity index (χ3v) is 5.37. The van der Waals surface area contributed by atoms with Crippen LogP contribution in [0, 0.1) is 11.8 Å². The Morgan fingerprint density at radius 2 is 1.78 bits per heavy atom. The highest BCUT2D eigenvalue weighted by Gasteiger charge is 2.37. The molecule has 1 fully saturated rings. The summed E-state index contributed by atoms with van der Waals surface area (Å²) in [4.78, 5) is 14.8. The molecule has 0 aliphatic carbocycles. The Morgan fingerprint density at radius 1 is 1.22 bits per heavy atom. The highest BCUT2D eigenvalue weighted by atomic mass is 35.5. The van der Waals surface area contributed by atoms with Crippen LogP contribution in [0.5, 0.6) is 0 Å². The molecule has 1 saturated heterocycles. The van der Waals surface area contributed by atoms with E-state index < -0.39 is 0 Å². The minimum absolute atomic E-state index is 0. The van der Waals surface area contributed by atoms with Crippen LogP contribution in [0.1, 0.15) is 45.6 Å². The number of piperidine rings is 1. The van der Waals surface area contributed by atoms with Crippen molar-refractivity contribution in [1.82, 2.24) is 4.90 Å². The molecule has 1 aliphatic rings. The summed E-state index contributed by atoms with van der Waals surface area (Å²) in [7, 11) is 0. The molecule has 1 amide bonds. The summed E-state index contributed by atoms with van der Waals surface area (Å²) in [6, 6.07) is 10.5. The van der Waals surface area contributed by atoms with E-state index in [0.717, 1.165) is 32.4 Å². The van der Waals surface area contributed by atoms with Gasteiger partial charge >= 0.3 is 0 Å². The fraction of sp³-hybridized carbons (Fsp3) is 0.632. The molecule has 0 spiro atoms. The van der Waals surface area contributed by atoms with Crippen molar-refractivity contribution in [3.63, 3.8) is 0 Å². The summed E-state index contributed by atoms with van der Waals surface area (Å²) in [6.07, 6.45) is 2.86. The van der Waals surface area contributed by atoms with Crippen molar-refractivity contribution in [2.45, 2.75) is 45.4 Å². The Kier molecular flexibility index (Phi) is 7.56. The highest BCUT2D eigenvalue weighted by molar-refractivity contribution is 5.85. The first kappa shape index (κ1) is 20.0. The monoisotopic (exact) mass is 338 g/mol. The Morgan fingerprint density at radius 3 is 2.22 bits per heavy atom. The van der Waals surface area contributed by atoms with E-state index in [2.05, 4.69) is 49.9 Å². The molecular formula is C19H31ClN2O. The Balaban J connectivity index is 0.00000264. The average Bonchev–Trinajstić information content (AvgIpc) is 2.56. The van der Waals surface area contributed by atoms with Gasteiger partial charge in [0.25, 0.3) is 0 Å². The van der Waals surface area contributed by atoms with Crippen LogP contribution in [-0.4, -0.2) is 30.4 Å². The first-order chi connectivity index (χ1) is 10.5. The van der Waals surface area contributed by atoms with Gasteiger partial charge in [0, 0.05) is 31.0 Å². The van der Waals surface area contributed by atoms with E-state index >= 15 is 0 Å². The number of carbonyl (C=O) groups is 1. The molecule has 1 aliphatic heterocycles. The molecule has 0 saturated carbocycles. The van der Waals surface area contributed by atoms with Crippen molar-refractivity contribution in [3.05, 3.63) is 35.9 Å². The molecule has 1 aromatic carbocycles. The van der Waals surface area contributed by atoms with E-state index in [1.165, 1.54) is 5.56 Å². The SMILES string of the molecule is CCC(C(=O)N1CCC(CN)(c2ccccc2)CC1)C(C)C.Cl. The highest BCUT2D eigenvalue weighted by Crippen LogP contribution is 2.35. The van der Waals surface area contributed by atoms with Crippen molar-refractivity contribution in [3.8, 4) is 0 Å². The minimum atomic E-state index is 0. The molecule has 3 nitrogen and oxygen atoms in total. The predicted octanol–water partition coefficient (Wildman–Crippen LogP) is 3.61. The summed E-state index contributed by atoms with van der Waals surface area (Å²) >= 11 is 0. The van der Waals surface area contributed by atoms with Crippen molar-refractivity contribution >= 4 is 18.3 Å². The molecule has 1 aromatic rings. The zero-order valence-corrected chi connectivity index (χ0v) is 15.4. The maximum Gasteiger partial charge on any atom is 0.225 e. The standard InChI is InChI=1S/C19H30N2O.ClH/c1-4-17(15(2)3)18(22)21-12-10-19(14-20,11-13-21)16-8-6-5-7-9-16;/h5-9,15,17H,4,10-14,20H2,1-3H3;1H. The zero-order valence-electron chi connectivity index (χ0n) is 14.6. The van der Waals surface area contributed by atoms with Gasteiger partial charge in [-0.2, -0.15) is 0 Å². The van der Waals surface area contributed by atoms with Gasteiger partial charge in [-0.25, -0.2) is 0 Å². The van der Waals surface area contributed by atoms with Gasteiger partial charge in [-0.05, 0) is 30.7 Å². The largest absolute Gasteiger partial charge is 0.342 e. The van der Waals surface area contributed by atoms with Crippen LogP contribution >= 0.6 is 12.4 Å². The summed E-state index contributed by atoms with van der Waals surface area (Å²) in [5, 5.41) is 0. The topological polar surface area (TPSA) is 46.3 Å². The summed E-state index contributed by atoms with van der Waals surface area (Å²) in [5.74, 6) is 0.895. The summed E-state index contributed by atoms with van der Waals surface area (Å²) in [6.45, 7) is 8.71. The third-order valence-electron chi connectivity index (χ3n) is 5.37. The van der Waals surface area contributed by atoms with Gasteiger partial charge in [-0.15, -0.1) is 12.4 Å². The number of rotatable bonds is 5. The first-order valence-electron chi connectivity index (χ1n) is 8.58. The Bertz CT molecular complexity index is 481. The van der Waals surface area contributed by atoms with E-state index in [1.807, 2.05) is 6.07 Å². The van der Waals surface area contributed by atoms with Crippen LogP contribution in [0.2, 0.25) is 0 Å². The van der Waals surface area contributed by atoms with E-state index in [-0.39, 0.29) is 23.7 Å². The van der Waals surface area contributed by atoms with Crippen LogP contribution in [0.15, 0.2) is 30.3 Å². The first-order valence-corrected chi connectivity index (χ1v) is 8.58. The number of hydrogen-bond donors (Lipinski definition) is 1. The van der Waals surface area contributed by atoms with Gasteiger partial charge < -0.3 is 10.6 Å². The fourth-order valence-corrected chi connectivity index (χ4v) is 3.72. The molecule has 4 heteroatoms. The second-order valence-electron chi connectivity index (χ2n) is 6.93. The lowest BCUT2D eigenvalue weighted by atomic mass is 9.72. The van der Waals surface area contributed by atoms with E-state index in [4.69, 9.17) is 5.73 Å². The Hall–Kier alpha value is -1.06. The van der Waals surface area contributed by atoms with Crippen molar-refractivity contribution in [1.29, 1.82) is 0 Å². The van der Waals surface area contributed by atoms with Crippen LogP contribution in [-0.2, 0) is 10.2 Å². The molecule has 2 N–H and O–H groups in total. The van der Waals surface area contributed by atoms with E-state index in [1.54, 1.807) is 0 Å². The number of carbonyl (C=O) groups excluding carboxylic acids is 1. The molecule has 0 radical (unpaired) electrons. The fourth-order valence-electron chi connectivity index (χ4n) is 3.72. The lowest BCUT2D eigenvalue weighted by molar-refractivity contribution is -0.138. The number of nitrogens with two attached hydrogens (primary N) is 1. The van der Waals surface area contributed by atoms with Gasteiger partial charge in [-0.1, -0.05) is 51.1 Å².